The first-order chi connectivity index (χ1) is 16.3. The maximum absolute atomic E-state index is 6.32. The summed E-state index contributed by atoms with van der Waals surface area (Å²) in [7, 11) is 0. The molecule has 0 spiro atoms. The zero-order chi connectivity index (χ0) is 22.0. The van der Waals surface area contributed by atoms with Crippen molar-refractivity contribution in [2.45, 2.75) is 38.6 Å². The van der Waals surface area contributed by atoms with Crippen LogP contribution in [0, 0.1) is 5.92 Å². The van der Waals surface area contributed by atoms with E-state index in [9.17, 15) is 0 Å². The monoisotopic (exact) mass is 438 g/mol. The Balaban J connectivity index is 1.19. The van der Waals surface area contributed by atoms with Crippen LogP contribution in [0.2, 0.25) is 0 Å². The number of fused-ring (bicyclic) bond motifs is 2. The molecule has 1 atom stereocenters. The van der Waals surface area contributed by atoms with Crippen LogP contribution in [0.25, 0.3) is 0 Å². The summed E-state index contributed by atoms with van der Waals surface area (Å²) in [6.07, 6.45) is 17.6. The lowest BCUT2D eigenvalue weighted by Gasteiger charge is -2.34. The number of allylic oxidation sites excluding steroid dienone is 6. The molecule has 1 unspecified atom stereocenters. The van der Waals surface area contributed by atoms with Gasteiger partial charge < -0.3 is 19.3 Å². The Morgan fingerprint density at radius 2 is 1.97 bits per heavy atom. The molecule has 168 valence electrons. The fourth-order valence-corrected chi connectivity index (χ4v) is 5.16. The van der Waals surface area contributed by atoms with E-state index in [0.29, 0.717) is 12.6 Å². The Kier molecular flexibility index (Phi) is 5.43. The zero-order valence-electron chi connectivity index (χ0n) is 19.0. The lowest BCUT2D eigenvalue weighted by Crippen LogP contribution is -2.31. The van der Waals surface area contributed by atoms with Gasteiger partial charge in [-0.3, -0.25) is 0 Å². The minimum Gasteiger partial charge on any atom is -0.473 e. The maximum atomic E-state index is 6.32. The summed E-state index contributed by atoms with van der Waals surface area (Å²) in [6.45, 7) is 2.48. The van der Waals surface area contributed by atoms with Crippen molar-refractivity contribution in [1.82, 2.24) is 4.90 Å². The number of nitrogens with zero attached hydrogens (tertiary/aromatic N) is 2. The van der Waals surface area contributed by atoms with Gasteiger partial charge in [-0.15, -0.1) is 0 Å². The van der Waals surface area contributed by atoms with Gasteiger partial charge in [-0.05, 0) is 80.2 Å². The Morgan fingerprint density at radius 1 is 1.03 bits per heavy atom. The van der Waals surface area contributed by atoms with Crippen LogP contribution in [0.5, 0.6) is 11.5 Å². The third-order valence-corrected chi connectivity index (χ3v) is 6.98. The van der Waals surface area contributed by atoms with Crippen LogP contribution in [0.3, 0.4) is 0 Å². The third kappa shape index (κ3) is 4.30. The SMILES string of the molecule is C1=CC2CCN(C3=CCCCC3)C=C2C=C1Oc1ccc2c(c1)CN(c1ccccc1)CO2. The average Bonchev–Trinajstić information content (AvgIpc) is 2.89. The Morgan fingerprint density at radius 3 is 2.85 bits per heavy atom. The molecule has 0 N–H and O–H groups in total. The second kappa shape index (κ2) is 8.86. The van der Waals surface area contributed by atoms with Gasteiger partial charge in [0.2, 0.25) is 0 Å². The molecular weight excluding hydrogens is 408 g/mol. The lowest BCUT2D eigenvalue weighted by molar-refractivity contribution is 0.288. The third-order valence-electron chi connectivity index (χ3n) is 6.98. The van der Waals surface area contributed by atoms with E-state index in [0.717, 1.165) is 42.3 Å². The van der Waals surface area contributed by atoms with E-state index in [1.807, 2.05) is 18.2 Å². The second-order valence-electron chi connectivity index (χ2n) is 9.24. The van der Waals surface area contributed by atoms with Gasteiger partial charge in [0, 0.05) is 42.2 Å². The van der Waals surface area contributed by atoms with Crippen LogP contribution in [0.4, 0.5) is 5.69 Å². The Bertz CT molecular complexity index is 1150. The van der Waals surface area contributed by atoms with Gasteiger partial charge in [-0.25, -0.2) is 0 Å². The van der Waals surface area contributed by atoms with E-state index in [1.165, 1.54) is 42.6 Å². The fourth-order valence-electron chi connectivity index (χ4n) is 5.16. The van der Waals surface area contributed by atoms with Crippen molar-refractivity contribution in [1.29, 1.82) is 0 Å². The summed E-state index contributed by atoms with van der Waals surface area (Å²) in [6, 6.07) is 16.5. The van der Waals surface area contributed by atoms with E-state index in [2.05, 4.69) is 70.6 Å². The molecule has 0 bridgehead atoms. The van der Waals surface area contributed by atoms with Crippen molar-refractivity contribution in [2.75, 3.05) is 18.2 Å². The van der Waals surface area contributed by atoms with Gasteiger partial charge >= 0.3 is 0 Å². The molecule has 4 nitrogen and oxygen atoms in total. The van der Waals surface area contributed by atoms with Gasteiger partial charge in [0.1, 0.15) is 17.3 Å². The highest BCUT2D eigenvalue weighted by Crippen LogP contribution is 2.35. The first-order valence-corrected chi connectivity index (χ1v) is 12.1. The molecule has 2 aliphatic heterocycles. The topological polar surface area (TPSA) is 24.9 Å². The summed E-state index contributed by atoms with van der Waals surface area (Å²) >= 11 is 0. The fraction of sp³-hybridized carbons (Fsp3) is 0.310. The lowest BCUT2D eigenvalue weighted by atomic mass is 9.88. The molecule has 0 aromatic heterocycles. The predicted octanol–water partition coefficient (Wildman–Crippen LogP) is 6.54. The van der Waals surface area contributed by atoms with Crippen molar-refractivity contribution in [3.63, 3.8) is 0 Å². The van der Waals surface area contributed by atoms with Crippen LogP contribution in [-0.4, -0.2) is 18.2 Å². The zero-order valence-corrected chi connectivity index (χ0v) is 19.0. The average molecular weight is 439 g/mol. The quantitative estimate of drug-likeness (QED) is 0.541. The first kappa shape index (κ1) is 20.2. The van der Waals surface area contributed by atoms with Crippen LogP contribution in [0.15, 0.2) is 96.1 Å². The number of hydrogen-bond acceptors (Lipinski definition) is 4. The molecular formula is C29H30N2O2. The van der Waals surface area contributed by atoms with Crippen molar-refractivity contribution in [3.05, 3.63) is 102 Å². The molecule has 2 heterocycles. The van der Waals surface area contributed by atoms with Crippen LogP contribution >= 0.6 is 0 Å². The molecule has 0 fully saturated rings. The predicted molar refractivity (Wildman–Crippen MR) is 132 cm³/mol. The first-order valence-electron chi connectivity index (χ1n) is 12.1. The summed E-state index contributed by atoms with van der Waals surface area (Å²) in [5, 5.41) is 0. The Labute approximate surface area is 196 Å². The molecule has 2 aliphatic carbocycles. The van der Waals surface area contributed by atoms with Gasteiger partial charge in [0.05, 0.1) is 0 Å². The second-order valence-corrected chi connectivity index (χ2v) is 9.24. The largest absolute Gasteiger partial charge is 0.473 e. The minimum atomic E-state index is 0.495. The molecule has 0 amide bonds. The smallest absolute Gasteiger partial charge is 0.161 e. The van der Waals surface area contributed by atoms with Crippen molar-refractivity contribution >= 4 is 5.69 Å². The van der Waals surface area contributed by atoms with Crippen LogP contribution in [0.1, 0.15) is 37.7 Å². The Hall–Kier alpha value is -3.40. The summed E-state index contributed by atoms with van der Waals surface area (Å²) in [4.78, 5) is 4.70. The molecule has 4 aliphatic rings. The number of para-hydroxylation sites is 1. The van der Waals surface area contributed by atoms with Crippen molar-refractivity contribution in [3.8, 4) is 11.5 Å². The van der Waals surface area contributed by atoms with Gasteiger partial charge in [0.15, 0.2) is 6.73 Å². The standard InChI is InChI=1S/C29H30N2O2/c1-3-7-25(8-4-1)30-16-15-22-11-12-27(17-23(22)19-30)33-28-13-14-29-24(18-28)20-31(21-32-29)26-9-5-2-6-10-26/h2,5-7,9-14,17-19,22H,1,3-4,8,15-16,20-21H2. The molecule has 0 saturated carbocycles. The van der Waals surface area contributed by atoms with Gasteiger partial charge in [-0.2, -0.15) is 0 Å². The van der Waals surface area contributed by atoms with E-state index < -0.39 is 0 Å². The number of hydrogen-bond donors (Lipinski definition) is 0. The van der Waals surface area contributed by atoms with Crippen LogP contribution < -0.4 is 14.4 Å². The van der Waals surface area contributed by atoms with Crippen molar-refractivity contribution < 1.29 is 9.47 Å². The molecule has 2 aromatic rings. The number of rotatable bonds is 4. The minimum absolute atomic E-state index is 0.495. The highest BCUT2D eigenvalue weighted by Gasteiger charge is 2.24. The van der Waals surface area contributed by atoms with Gasteiger partial charge in [0.25, 0.3) is 0 Å². The summed E-state index contributed by atoms with van der Waals surface area (Å²) in [5.74, 6) is 3.18. The molecule has 2 aromatic carbocycles. The van der Waals surface area contributed by atoms with E-state index in [4.69, 9.17) is 9.47 Å². The number of ether oxygens (including phenoxy) is 2. The maximum Gasteiger partial charge on any atom is 0.161 e. The summed E-state index contributed by atoms with van der Waals surface area (Å²) in [5.41, 5.74) is 5.16. The normalized spacial score (nSPS) is 21.8. The molecule has 4 heteroatoms. The number of benzene rings is 2. The summed E-state index contributed by atoms with van der Waals surface area (Å²) < 4.78 is 12.3. The molecule has 0 saturated heterocycles. The van der Waals surface area contributed by atoms with Gasteiger partial charge in [-0.1, -0.05) is 30.4 Å². The van der Waals surface area contributed by atoms with Crippen molar-refractivity contribution in [2.24, 2.45) is 5.92 Å². The molecule has 0 radical (unpaired) electrons. The van der Waals surface area contributed by atoms with Crippen LogP contribution in [-0.2, 0) is 6.54 Å². The van der Waals surface area contributed by atoms with E-state index >= 15 is 0 Å². The highest BCUT2D eigenvalue weighted by molar-refractivity contribution is 5.51. The molecule has 33 heavy (non-hydrogen) atoms. The van der Waals surface area contributed by atoms with E-state index in [-0.39, 0.29) is 0 Å². The number of anilines is 1. The van der Waals surface area contributed by atoms with E-state index in [1.54, 1.807) is 0 Å². The molecule has 6 rings (SSSR count). The highest BCUT2D eigenvalue weighted by atomic mass is 16.5.